The van der Waals surface area contributed by atoms with E-state index in [9.17, 15) is 23.1 Å². The molecule has 0 spiro atoms. The van der Waals surface area contributed by atoms with Gasteiger partial charge in [0.05, 0.1) is 25.5 Å². The maximum absolute atomic E-state index is 12.9. The number of thioether (sulfide) groups is 1. The Hall–Kier alpha value is -3.40. The number of methoxy groups -OCH3 is 1. The second kappa shape index (κ2) is 8.03. The van der Waals surface area contributed by atoms with Gasteiger partial charge in [0.15, 0.2) is 0 Å². The first-order valence-electron chi connectivity index (χ1n) is 9.05. The number of halogens is 3. The van der Waals surface area contributed by atoms with Crippen LogP contribution in [0.15, 0.2) is 70.6 Å². The van der Waals surface area contributed by atoms with E-state index in [1.807, 2.05) is 12.1 Å². The van der Waals surface area contributed by atoms with Gasteiger partial charge in [0.25, 0.3) is 0 Å². The van der Waals surface area contributed by atoms with E-state index >= 15 is 0 Å². The van der Waals surface area contributed by atoms with E-state index in [1.165, 1.54) is 35.0 Å². The first kappa shape index (κ1) is 20.9. The molecule has 31 heavy (non-hydrogen) atoms. The minimum atomic E-state index is -4.40. The molecule has 1 N–H and O–H groups in total. The van der Waals surface area contributed by atoms with Crippen molar-refractivity contribution in [3.8, 4) is 17.3 Å². The number of para-hydroxylation sites is 1. The summed E-state index contributed by atoms with van der Waals surface area (Å²) in [6.45, 7) is 0.160. The molecule has 0 saturated heterocycles. The third kappa shape index (κ3) is 4.24. The molecule has 0 radical (unpaired) electrons. The van der Waals surface area contributed by atoms with Gasteiger partial charge in [-0.1, -0.05) is 12.1 Å². The van der Waals surface area contributed by atoms with E-state index in [2.05, 4.69) is 4.98 Å². The molecule has 0 amide bonds. The summed E-state index contributed by atoms with van der Waals surface area (Å²) in [5, 5.41) is 11.1. The highest BCUT2D eigenvalue weighted by Crippen LogP contribution is 2.37. The minimum Gasteiger partial charge on any atom is -0.494 e. The molecule has 6 nitrogen and oxygen atoms in total. The number of aromatic nitrogens is 3. The number of rotatable bonds is 5. The van der Waals surface area contributed by atoms with Crippen molar-refractivity contribution in [2.24, 2.45) is 0 Å². The lowest BCUT2D eigenvalue weighted by atomic mass is 10.1. The van der Waals surface area contributed by atoms with E-state index < -0.39 is 11.2 Å². The van der Waals surface area contributed by atoms with Crippen molar-refractivity contribution in [3.63, 3.8) is 0 Å². The Balaban J connectivity index is 1.69. The highest BCUT2D eigenvalue weighted by molar-refractivity contribution is 8.00. The summed E-state index contributed by atoms with van der Waals surface area (Å²) >= 11 is -0.247. The molecular formula is C21H16F3N3O3S. The van der Waals surface area contributed by atoms with Crippen molar-refractivity contribution in [1.82, 2.24) is 14.1 Å². The van der Waals surface area contributed by atoms with E-state index in [4.69, 9.17) is 4.74 Å². The summed E-state index contributed by atoms with van der Waals surface area (Å²) in [6.07, 6.45) is 2.90. The molecule has 4 rings (SSSR count). The number of fused-ring (bicyclic) bond motifs is 1. The third-order valence-corrected chi connectivity index (χ3v) is 5.39. The SMILES string of the molecule is COc1cccc2c(Cn3cc(O)n(-c4ccc(SC(F)(F)F)cc4)c3=O)ccnc12. The van der Waals surface area contributed by atoms with Gasteiger partial charge in [-0.25, -0.2) is 9.36 Å². The number of hydrogen-bond acceptors (Lipinski definition) is 5. The second-order valence-electron chi connectivity index (χ2n) is 6.60. The summed E-state index contributed by atoms with van der Waals surface area (Å²) in [4.78, 5) is 17.2. The van der Waals surface area contributed by atoms with Gasteiger partial charge in [-0.2, -0.15) is 13.2 Å². The molecular weight excluding hydrogens is 431 g/mol. The maximum atomic E-state index is 12.9. The van der Waals surface area contributed by atoms with Gasteiger partial charge < -0.3 is 9.84 Å². The van der Waals surface area contributed by atoms with Gasteiger partial charge in [-0.05, 0) is 53.7 Å². The molecule has 0 bridgehead atoms. The summed E-state index contributed by atoms with van der Waals surface area (Å²) in [5.74, 6) is 0.279. The Bertz CT molecular complexity index is 1300. The van der Waals surface area contributed by atoms with E-state index in [0.29, 0.717) is 11.3 Å². The molecule has 0 fully saturated rings. The molecule has 4 aromatic rings. The molecule has 0 aliphatic carbocycles. The van der Waals surface area contributed by atoms with Crippen molar-refractivity contribution < 1.29 is 23.0 Å². The summed E-state index contributed by atoms with van der Waals surface area (Å²) in [6, 6.07) is 12.4. The Kier molecular flexibility index (Phi) is 5.40. The fourth-order valence-corrected chi connectivity index (χ4v) is 3.86. The zero-order valence-corrected chi connectivity index (χ0v) is 16.9. The van der Waals surface area contributed by atoms with Gasteiger partial charge in [0.2, 0.25) is 5.88 Å². The number of hydrogen-bond donors (Lipinski definition) is 1. The van der Waals surface area contributed by atoms with Gasteiger partial charge in [0, 0.05) is 16.5 Å². The molecule has 2 heterocycles. The van der Waals surface area contributed by atoms with Crippen LogP contribution in [0.25, 0.3) is 16.6 Å². The number of pyridine rings is 1. The van der Waals surface area contributed by atoms with Crippen LogP contribution in [0.3, 0.4) is 0 Å². The lowest BCUT2D eigenvalue weighted by Crippen LogP contribution is -2.23. The number of benzene rings is 2. The smallest absolute Gasteiger partial charge is 0.446 e. The van der Waals surface area contributed by atoms with Crippen molar-refractivity contribution in [2.75, 3.05) is 7.11 Å². The molecule has 2 aromatic carbocycles. The van der Waals surface area contributed by atoms with Crippen molar-refractivity contribution in [1.29, 1.82) is 0 Å². The van der Waals surface area contributed by atoms with Crippen LogP contribution in [0.5, 0.6) is 11.6 Å². The van der Waals surface area contributed by atoms with Crippen molar-refractivity contribution in [2.45, 2.75) is 16.9 Å². The molecule has 0 aliphatic rings. The number of alkyl halides is 3. The Morgan fingerprint density at radius 1 is 1.13 bits per heavy atom. The monoisotopic (exact) mass is 447 g/mol. The standard InChI is InChI=1S/C21H16F3N3O3S/c1-30-17-4-2-3-16-13(9-10-25-19(16)17)11-26-12-18(28)27(20(26)29)14-5-7-15(8-6-14)31-21(22,23)24/h2-10,12,28H,11H2,1H3. The highest BCUT2D eigenvalue weighted by atomic mass is 32.2. The lowest BCUT2D eigenvalue weighted by molar-refractivity contribution is -0.0328. The summed E-state index contributed by atoms with van der Waals surface area (Å²) in [5.41, 5.74) is -3.23. The fourth-order valence-electron chi connectivity index (χ4n) is 3.32. The predicted molar refractivity (Wildman–Crippen MR) is 111 cm³/mol. The summed E-state index contributed by atoms with van der Waals surface area (Å²) < 4.78 is 45.2. The van der Waals surface area contributed by atoms with Crippen LogP contribution in [0.1, 0.15) is 5.56 Å². The van der Waals surface area contributed by atoms with Gasteiger partial charge >= 0.3 is 11.2 Å². The van der Waals surface area contributed by atoms with Crippen LogP contribution in [0.4, 0.5) is 13.2 Å². The quantitative estimate of drug-likeness (QED) is 0.454. The van der Waals surface area contributed by atoms with Crippen molar-refractivity contribution >= 4 is 22.7 Å². The Morgan fingerprint density at radius 2 is 1.87 bits per heavy atom. The topological polar surface area (TPSA) is 69.3 Å². The number of nitrogens with zero attached hydrogens (tertiary/aromatic N) is 3. The van der Waals surface area contributed by atoms with Crippen LogP contribution in [-0.4, -0.2) is 31.8 Å². The normalized spacial score (nSPS) is 11.7. The largest absolute Gasteiger partial charge is 0.494 e. The van der Waals surface area contributed by atoms with Gasteiger partial charge in [-0.15, -0.1) is 0 Å². The third-order valence-electron chi connectivity index (χ3n) is 4.65. The Labute approximate surface area is 178 Å². The molecule has 0 saturated carbocycles. The summed E-state index contributed by atoms with van der Waals surface area (Å²) in [7, 11) is 1.55. The molecule has 0 unspecified atom stereocenters. The predicted octanol–water partition coefficient (Wildman–Crippen LogP) is 4.56. The maximum Gasteiger partial charge on any atom is 0.446 e. The van der Waals surface area contributed by atoms with Crippen LogP contribution < -0.4 is 10.4 Å². The first-order valence-corrected chi connectivity index (χ1v) is 9.86. The van der Waals surface area contributed by atoms with E-state index in [0.717, 1.165) is 15.5 Å². The molecule has 0 aliphatic heterocycles. The van der Waals surface area contributed by atoms with Crippen LogP contribution in [0.2, 0.25) is 0 Å². The minimum absolute atomic E-state index is 0.0135. The number of ether oxygens (including phenoxy) is 1. The fraction of sp³-hybridized carbons (Fsp3) is 0.143. The molecule has 2 aromatic heterocycles. The van der Waals surface area contributed by atoms with Crippen LogP contribution in [0, 0.1) is 0 Å². The number of imidazole rings is 1. The van der Waals surface area contributed by atoms with Crippen LogP contribution >= 0.6 is 11.8 Å². The molecule has 10 heteroatoms. The molecule has 0 atom stereocenters. The second-order valence-corrected chi connectivity index (χ2v) is 7.74. The van der Waals surface area contributed by atoms with E-state index in [-0.39, 0.29) is 34.8 Å². The lowest BCUT2D eigenvalue weighted by Gasteiger charge is -2.09. The van der Waals surface area contributed by atoms with Gasteiger partial charge in [0.1, 0.15) is 11.3 Å². The zero-order valence-electron chi connectivity index (χ0n) is 16.1. The van der Waals surface area contributed by atoms with Crippen LogP contribution in [-0.2, 0) is 6.54 Å². The Morgan fingerprint density at radius 3 is 2.55 bits per heavy atom. The average Bonchev–Trinajstić information content (AvgIpc) is 3.00. The zero-order chi connectivity index (χ0) is 22.2. The molecule has 160 valence electrons. The number of aromatic hydroxyl groups is 1. The highest BCUT2D eigenvalue weighted by Gasteiger charge is 2.29. The average molecular weight is 447 g/mol. The van der Waals surface area contributed by atoms with Gasteiger partial charge in [-0.3, -0.25) is 9.55 Å². The first-order chi connectivity index (χ1) is 14.8. The van der Waals surface area contributed by atoms with E-state index in [1.54, 1.807) is 25.4 Å². The van der Waals surface area contributed by atoms with Crippen molar-refractivity contribution in [3.05, 3.63) is 77.0 Å².